The fourth-order valence-electron chi connectivity index (χ4n) is 2.35. The highest BCUT2D eigenvalue weighted by molar-refractivity contribution is 5.81. The number of fused-ring (bicyclic) bond motifs is 1. The fraction of sp³-hybridized carbons (Fsp3) is 0.471. The van der Waals surface area contributed by atoms with Crippen molar-refractivity contribution < 1.29 is 9.66 Å². The Balaban J connectivity index is 1.85. The maximum atomic E-state index is 10.7. The molecule has 0 radical (unpaired) electrons. The van der Waals surface area contributed by atoms with Crippen molar-refractivity contribution in [3.05, 3.63) is 40.6 Å². The van der Waals surface area contributed by atoms with Gasteiger partial charge in [-0.2, -0.15) is 0 Å². The molecule has 0 N–H and O–H groups in total. The van der Waals surface area contributed by atoms with Crippen LogP contribution in [0.4, 0.5) is 5.69 Å². The molecule has 0 aliphatic heterocycles. The van der Waals surface area contributed by atoms with Crippen LogP contribution in [0, 0.1) is 10.1 Å². The molecule has 0 atom stereocenters. The maximum absolute atomic E-state index is 10.7. The summed E-state index contributed by atoms with van der Waals surface area (Å²) in [6.07, 6.45) is 8.99. The molecule has 2 rings (SSSR count). The Morgan fingerprint density at radius 1 is 1.14 bits per heavy atom. The topological polar surface area (TPSA) is 65.3 Å². The first-order valence-electron chi connectivity index (χ1n) is 7.87. The second kappa shape index (κ2) is 8.32. The SMILES string of the molecule is CCCCCCCCOc1cnc2cc([N+](=O)[O-])ccc2c1. The maximum Gasteiger partial charge on any atom is 0.271 e. The number of nitrogens with zero attached hydrogens (tertiary/aromatic N) is 2. The summed E-state index contributed by atoms with van der Waals surface area (Å²) in [6, 6.07) is 6.55. The molecular formula is C17H22N2O3. The van der Waals surface area contributed by atoms with Crippen molar-refractivity contribution in [1.29, 1.82) is 0 Å². The normalized spacial score (nSPS) is 10.8. The summed E-state index contributed by atoms with van der Waals surface area (Å²) in [7, 11) is 0. The lowest BCUT2D eigenvalue weighted by Crippen LogP contribution is -1.98. The molecule has 1 heterocycles. The Morgan fingerprint density at radius 3 is 2.68 bits per heavy atom. The van der Waals surface area contributed by atoms with Crippen LogP contribution in [-0.2, 0) is 0 Å². The van der Waals surface area contributed by atoms with Crippen LogP contribution in [0.15, 0.2) is 30.5 Å². The molecule has 22 heavy (non-hydrogen) atoms. The summed E-state index contributed by atoms with van der Waals surface area (Å²) < 4.78 is 5.70. The van der Waals surface area contributed by atoms with Gasteiger partial charge in [0.05, 0.1) is 23.2 Å². The zero-order valence-corrected chi connectivity index (χ0v) is 13.0. The number of nitro benzene ring substituents is 1. The van der Waals surface area contributed by atoms with Crippen molar-refractivity contribution in [2.75, 3.05) is 6.61 Å². The summed E-state index contributed by atoms with van der Waals surface area (Å²) >= 11 is 0. The number of hydrogen-bond donors (Lipinski definition) is 0. The molecule has 0 amide bonds. The molecule has 5 nitrogen and oxygen atoms in total. The number of unbranched alkanes of at least 4 members (excludes halogenated alkanes) is 5. The van der Waals surface area contributed by atoms with Gasteiger partial charge in [-0.1, -0.05) is 39.0 Å². The minimum Gasteiger partial charge on any atom is -0.492 e. The van der Waals surface area contributed by atoms with Crippen LogP contribution in [-0.4, -0.2) is 16.5 Å². The fourth-order valence-corrected chi connectivity index (χ4v) is 2.35. The van der Waals surface area contributed by atoms with Gasteiger partial charge in [0.2, 0.25) is 0 Å². The number of non-ortho nitro benzene ring substituents is 1. The van der Waals surface area contributed by atoms with Crippen molar-refractivity contribution in [1.82, 2.24) is 4.98 Å². The third-order valence-electron chi connectivity index (χ3n) is 3.62. The molecule has 0 fully saturated rings. The Morgan fingerprint density at radius 2 is 1.91 bits per heavy atom. The van der Waals surface area contributed by atoms with E-state index in [0.717, 1.165) is 17.6 Å². The Labute approximate surface area is 130 Å². The number of pyridine rings is 1. The zero-order valence-electron chi connectivity index (χ0n) is 13.0. The third kappa shape index (κ3) is 4.69. The Hall–Kier alpha value is -2.17. The lowest BCUT2D eigenvalue weighted by atomic mass is 10.1. The van der Waals surface area contributed by atoms with Gasteiger partial charge < -0.3 is 4.74 Å². The van der Waals surface area contributed by atoms with Crippen LogP contribution >= 0.6 is 0 Å². The highest BCUT2D eigenvalue weighted by Crippen LogP contribution is 2.22. The minimum absolute atomic E-state index is 0.0562. The van der Waals surface area contributed by atoms with Crippen LogP contribution in [0.1, 0.15) is 45.4 Å². The highest BCUT2D eigenvalue weighted by atomic mass is 16.6. The highest BCUT2D eigenvalue weighted by Gasteiger charge is 2.07. The van der Waals surface area contributed by atoms with Crippen LogP contribution < -0.4 is 4.74 Å². The van der Waals surface area contributed by atoms with Crippen LogP contribution in [0.3, 0.4) is 0 Å². The van der Waals surface area contributed by atoms with E-state index in [-0.39, 0.29) is 5.69 Å². The number of aromatic nitrogens is 1. The lowest BCUT2D eigenvalue weighted by Gasteiger charge is -2.07. The molecule has 0 bridgehead atoms. The van der Waals surface area contributed by atoms with Gasteiger partial charge in [-0.25, -0.2) is 0 Å². The molecule has 1 aromatic carbocycles. The van der Waals surface area contributed by atoms with E-state index in [2.05, 4.69) is 11.9 Å². The van der Waals surface area contributed by atoms with E-state index in [9.17, 15) is 10.1 Å². The van der Waals surface area contributed by atoms with Crippen molar-refractivity contribution >= 4 is 16.6 Å². The molecular weight excluding hydrogens is 280 g/mol. The quantitative estimate of drug-likeness (QED) is 0.376. The van der Waals surface area contributed by atoms with Crippen molar-refractivity contribution in [2.24, 2.45) is 0 Å². The largest absolute Gasteiger partial charge is 0.492 e. The van der Waals surface area contributed by atoms with Crippen LogP contribution in [0.25, 0.3) is 10.9 Å². The lowest BCUT2D eigenvalue weighted by molar-refractivity contribution is -0.384. The van der Waals surface area contributed by atoms with Gasteiger partial charge in [-0.05, 0) is 18.6 Å². The molecule has 0 aliphatic rings. The molecule has 5 heteroatoms. The molecule has 2 aromatic rings. The van der Waals surface area contributed by atoms with Gasteiger partial charge in [0.15, 0.2) is 0 Å². The Kier molecular flexibility index (Phi) is 6.13. The summed E-state index contributed by atoms with van der Waals surface area (Å²) in [6.45, 7) is 2.90. The summed E-state index contributed by atoms with van der Waals surface area (Å²) in [5.74, 6) is 0.718. The van der Waals surface area contributed by atoms with Crippen molar-refractivity contribution in [2.45, 2.75) is 45.4 Å². The second-order valence-corrected chi connectivity index (χ2v) is 5.42. The van der Waals surface area contributed by atoms with Gasteiger partial charge in [-0.15, -0.1) is 0 Å². The molecule has 0 spiro atoms. The van der Waals surface area contributed by atoms with Crippen LogP contribution in [0.2, 0.25) is 0 Å². The molecule has 118 valence electrons. The average molecular weight is 302 g/mol. The van der Waals surface area contributed by atoms with E-state index in [4.69, 9.17) is 4.74 Å². The monoisotopic (exact) mass is 302 g/mol. The summed E-state index contributed by atoms with van der Waals surface area (Å²) in [5.41, 5.74) is 0.668. The van der Waals surface area contributed by atoms with Gasteiger partial charge in [-0.3, -0.25) is 15.1 Å². The zero-order chi connectivity index (χ0) is 15.8. The first kappa shape index (κ1) is 16.2. The third-order valence-corrected chi connectivity index (χ3v) is 3.62. The van der Waals surface area contributed by atoms with Crippen molar-refractivity contribution in [3.8, 4) is 5.75 Å². The van der Waals surface area contributed by atoms with E-state index >= 15 is 0 Å². The van der Waals surface area contributed by atoms with E-state index < -0.39 is 4.92 Å². The molecule has 0 saturated carbocycles. The van der Waals surface area contributed by atoms with Gasteiger partial charge in [0.1, 0.15) is 5.75 Å². The van der Waals surface area contributed by atoms with E-state index in [1.54, 1.807) is 12.3 Å². The summed E-state index contributed by atoms with van der Waals surface area (Å²) in [5, 5.41) is 11.6. The predicted molar refractivity (Wildman–Crippen MR) is 87.3 cm³/mol. The standard InChI is InChI=1S/C17H22N2O3/c1-2-3-4-5-6-7-10-22-16-11-14-8-9-15(19(20)21)12-17(14)18-13-16/h8-9,11-13H,2-7,10H2,1H3. The minimum atomic E-state index is -0.413. The first-order chi connectivity index (χ1) is 10.7. The van der Waals surface area contributed by atoms with Gasteiger partial charge in [0.25, 0.3) is 5.69 Å². The van der Waals surface area contributed by atoms with E-state index in [0.29, 0.717) is 12.1 Å². The van der Waals surface area contributed by atoms with Gasteiger partial charge in [0, 0.05) is 17.5 Å². The molecule has 0 unspecified atom stereocenters. The molecule has 0 aliphatic carbocycles. The van der Waals surface area contributed by atoms with Gasteiger partial charge >= 0.3 is 0 Å². The number of benzene rings is 1. The van der Waals surface area contributed by atoms with Crippen LogP contribution in [0.5, 0.6) is 5.75 Å². The summed E-state index contributed by atoms with van der Waals surface area (Å²) in [4.78, 5) is 14.6. The molecule has 1 aromatic heterocycles. The molecule has 0 saturated heterocycles. The number of hydrogen-bond acceptors (Lipinski definition) is 4. The first-order valence-corrected chi connectivity index (χ1v) is 7.87. The predicted octanol–water partition coefficient (Wildman–Crippen LogP) is 4.88. The number of nitro groups is 1. The van der Waals surface area contributed by atoms with E-state index in [1.165, 1.54) is 44.2 Å². The number of rotatable bonds is 9. The smallest absolute Gasteiger partial charge is 0.271 e. The van der Waals surface area contributed by atoms with Crippen molar-refractivity contribution in [3.63, 3.8) is 0 Å². The number of ether oxygens (including phenoxy) is 1. The Bertz CT molecular complexity index is 628. The van der Waals surface area contributed by atoms with E-state index in [1.807, 2.05) is 6.07 Å². The average Bonchev–Trinajstić information content (AvgIpc) is 2.53. The second-order valence-electron chi connectivity index (χ2n) is 5.42.